The van der Waals surface area contributed by atoms with Crippen LogP contribution in [0, 0.1) is 6.92 Å². The lowest BCUT2D eigenvalue weighted by atomic mass is 10.1. The van der Waals surface area contributed by atoms with Crippen molar-refractivity contribution in [1.29, 1.82) is 0 Å². The molecule has 3 rings (SSSR count). The topological polar surface area (TPSA) is 48.9 Å². The predicted molar refractivity (Wildman–Crippen MR) is 124 cm³/mol. The van der Waals surface area contributed by atoms with Crippen LogP contribution in [0.15, 0.2) is 23.2 Å². The van der Waals surface area contributed by atoms with E-state index in [9.17, 15) is 0 Å². The molecule has 1 heterocycles. The van der Waals surface area contributed by atoms with Crippen LogP contribution >= 0.6 is 24.0 Å². The zero-order valence-corrected chi connectivity index (χ0v) is 19.3. The smallest absolute Gasteiger partial charge is 0.191 e. The molecule has 0 aromatic heterocycles. The van der Waals surface area contributed by atoms with Gasteiger partial charge in [-0.05, 0) is 49.8 Å². The van der Waals surface area contributed by atoms with E-state index >= 15 is 0 Å². The first kappa shape index (κ1) is 22.3. The Hall–Kier alpha value is -1.02. The molecule has 1 aliphatic carbocycles. The van der Waals surface area contributed by atoms with Gasteiger partial charge in [0.25, 0.3) is 0 Å². The van der Waals surface area contributed by atoms with E-state index in [1.807, 2.05) is 7.05 Å². The molecule has 6 heteroatoms. The number of hydrogen-bond acceptors (Lipinski definition) is 3. The van der Waals surface area contributed by atoms with Crippen molar-refractivity contribution in [3.05, 3.63) is 29.3 Å². The Kier molecular flexibility index (Phi) is 9.15. The molecule has 0 spiro atoms. The minimum atomic E-state index is 0. The molecule has 2 fully saturated rings. The van der Waals surface area contributed by atoms with E-state index in [0.29, 0.717) is 6.04 Å². The summed E-state index contributed by atoms with van der Waals surface area (Å²) in [7, 11) is 3.58. The Bertz CT molecular complexity index is 616. The molecule has 1 aromatic rings. The van der Waals surface area contributed by atoms with E-state index in [1.54, 1.807) is 7.11 Å². The summed E-state index contributed by atoms with van der Waals surface area (Å²) in [6.45, 7) is 5.32. The number of methoxy groups -OCH3 is 1. The molecule has 2 N–H and O–H groups in total. The van der Waals surface area contributed by atoms with Crippen LogP contribution in [0.2, 0.25) is 0 Å². The van der Waals surface area contributed by atoms with E-state index in [-0.39, 0.29) is 24.0 Å². The number of likely N-dealkylation sites (tertiary alicyclic amines) is 1. The van der Waals surface area contributed by atoms with Gasteiger partial charge in [-0.1, -0.05) is 25.0 Å². The van der Waals surface area contributed by atoms with Crippen LogP contribution in [0.5, 0.6) is 5.75 Å². The molecule has 0 bridgehead atoms. The molecule has 1 aliphatic heterocycles. The summed E-state index contributed by atoms with van der Waals surface area (Å²) in [6, 6.07) is 7.77. The Balaban J connectivity index is 0.00000261. The monoisotopic (exact) mass is 486 g/mol. The van der Waals surface area contributed by atoms with Crippen molar-refractivity contribution >= 4 is 29.9 Å². The zero-order chi connectivity index (χ0) is 18.4. The lowest BCUT2D eigenvalue weighted by molar-refractivity contribution is 0.242. The maximum Gasteiger partial charge on any atom is 0.191 e. The fourth-order valence-electron chi connectivity index (χ4n) is 4.24. The van der Waals surface area contributed by atoms with Crippen LogP contribution in [-0.4, -0.2) is 56.7 Å². The molecule has 152 valence electrons. The average Bonchev–Trinajstić information content (AvgIpc) is 3.33. The third kappa shape index (κ3) is 6.24. The van der Waals surface area contributed by atoms with E-state index in [1.165, 1.54) is 49.8 Å². The fourth-order valence-corrected chi connectivity index (χ4v) is 4.24. The third-order valence-electron chi connectivity index (χ3n) is 5.80. The second-order valence-electron chi connectivity index (χ2n) is 7.62. The van der Waals surface area contributed by atoms with Crippen molar-refractivity contribution < 1.29 is 4.74 Å². The van der Waals surface area contributed by atoms with Crippen molar-refractivity contribution in [1.82, 2.24) is 15.5 Å². The Labute approximate surface area is 181 Å². The summed E-state index contributed by atoms with van der Waals surface area (Å²) in [4.78, 5) is 7.08. The summed E-state index contributed by atoms with van der Waals surface area (Å²) in [5.41, 5.74) is 2.46. The minimum Gasteiger partial charge on any atom is -0.496 e. The SMILES string of the molecule is CN=C(NCCc1ccc(C)c(OC)c1)NC1CCN(C2CCCC2)C1.I. The second kappa shape index (κ2) is 11.1. The summed E-state index contributed by atoms with van der Waals surface area (Å²) < 4.78 is 5.41. The molecule has 2 aliphatic rings. The number of hydrogen-bond donors (Lipinski definition) is 2. The van der Waals surface area contributed by atoms with Gasteiger partial charge in [-0.2, -0.15) is 0 Å². The Morgan fingerprint density at radius 3 is 2.74 bits per heavy atom. The maximum atomic E-state index is 5.41. The van der Waals surface area contributed by atoms with Crippen molar-refractivity contribution in [2.24, 2.45) is 4.99 Å². The lowest BCUT2D eigenvalue weighted by Crippen LogP contribution is -2.45. The van der Waals surface area contributed by atoms with E-state index in [0.717, 1.165) is 37.3 Å². The number of aliphatic imine (C=N–C) groups is 1. The second-order valence-corrected chi connectivity index (χ2v) is 7.62. The van der Waals surface area contributed by atoms with Crippen LogP contribution in [0.3, 0.4) is 0 Å². The molecule has 0 radical (unpaired) electrons. The number of guanidine groups is 1. The van der Waals surface area contributed by atoms with E-state index in [2.05, 4.69) is 45.6 Å². The predicted octanol–water partition coefficient (Wildman–Crippen LogP) is 3.35. The Morgan fingerprint density at radius 1 is 1.26 bits per heavy atom. The average molecular weight is 486 g/mol. The molecule has 27 heavy (non-hydrogen) atoms. The van der Waals surface area contributed by atoms with Gasteiger partial charge in [0, 0.05) is 38.8 Å². The summed E-state index contributed by atoms with van der Waals surface area (Å²) in [5, 5.41) is 7.07. The summed E-state index contributed by atoms with van der Waals surface area (Å²) in [5.74, 6) is 1.88. The van der Waals surface area contributed by atoms with Crippen molar-refractivity contribution in [3.63, 3.8) is 0 Å². The number of aryl methyl sites for hydroxylation is 1. The first-order chi connectivity index (χ1) is 12.7. The Morgan fingerprint density at radius 2 is 2.04 bits per heavy atom. The third-order valence-corrected chi connectivity index (χ3v) is 5.80. The summed E-state index contributed by atoms with van der Waals surface area (Å²) >= 11 is 0. The van der Waals surface area contributed by atoms with Gasteiger partial charge < -0.3 is 15.4 Å². The quantitative estimate of drug-likeness (QED) is 0.368. The maximum absolute atomic E-state index is 5.41. The van der Waals surface area contributed by atoms with Crippen LogP contribution in [0.25, 0.3) is 0 Å². The highest BCUT2D eigenvalue weighted by Crippen LogP contribution is 2.26. The minimum absolute atomic E-state index is 0. The molecule has 1 saturated heterocycles. The molecule has 1 unspecified atom stereocenters. The van der Waals surface area contributed by atoms with E-state index in [4.69, 9.17) is 4.74 Å². The number of nitrogens with zero attached hydrogens (tertiary/aromatic N) is 2. The van der Waals surface area contributed by atoms with Crippen molar-refractivity contribution in [2.45, 2.75) is 57.5 Å². The zero-order valence-electron chi connectivity index (χ0n) is 17.0. The summed E-state index contributed by atoms with van der Waals surface area (Å²) in [6.07, 6.45) is 7.76. The van der Waals surface area contributed by atoms with Crippen molar-refractivity contribution in [2.75, 3.05) is 33.8 Å². The van der Waals surface area contributed by atoms with Gasteiger partial charge in [0.15, 0.2) is 5.96 Å². The van der Waals surface area contributed by atoms with Gasteiger partial charge >= 0.3 is 0 Å². The highest BCUT2D eigenvalue weighted by molar-refractivity contribution is 14.0. The van der Waals surface area contributed by atoms with Crippen molar-refractivity contribution in [3.8, 4) is 5.75 Å². The van der Waals surface area contributed by atoms with Gasteiger partial charge in [-0.3, -0.25) is 9.89 Å². The molecule has 5 nitrogen and oxygen atoms in total. The number of benzene rings is 1. The number of rotatable bonds is 6. The number of ether oxygens (including phenoxy) is 1. The highest BCUT2D eigenvalue weighted by atomic mass is 127. The molecular formula is C21H35IN4O. The lowest BCUT2D eigenvalue weighted by Gasteiger charge is -2.24. The van der Waals surface area contributed by atoms with Gasteiger partial charge in [-0.15, -0.1) is 24.0 Å². The fraction of sp³-hybridized carbons (Fsp3) is 0.667. The standard InChI is InChI=1S/C21H34N4O.HI/c1-16-8-9-17(14-20(16)26-3)10-12-23-21(22-2)24-18-11-13-25(15-18)19-6-4-5-7-19;/h8-9,14,18-19H,4-7,10-13,15H2,1-3H3,(H2,22,23,24);1H. The molecule has 1 saturated carbocycles. The first-order valence-corrected chi connectivity index (χ1v) is 10.0. The largest absolute Gasteiger partial charge is 0.496 e. The van der Waals surface area contributed by atoms with Crippen LogP contribution in [-0.2, 0) is 6.42 Å². The van der Waals surface area contributed by atoms with Gasteiger partial charge in [-0.25, -0.2) is 0 Å². The first-order valence-electron chi connectivity index (χ1n) is 10.0. The number of halogens is 1. The number of nitrogens with one attached hydrogen (secondary N) is 2. The molecule has 1 atom stereocenters. The van der Waals surface area contributed by atoms with E-state index < -0.39 is 0 Å². The van der Waals surface area contributed by atoms with Gasteiger partial charge in [0.05, 0.1) is 7.11 Å². The van der Waals surface area contributed by atoms with Gasteiger partial charge in [0.1, 0.15) is 5.75 Å². The van der Waals surface area contributed by atoms with Crippen LogP contribution in [0.4, 0.5) is 0 Å². The highest BCUT2D eigenvalue weighted by Gasteiger charge is 2.30. The van der Waals surface area contributed by atoms with Crippen LogP contribution in [0.1, 0.15) is 43.2 Å². The van der Waals surface area contributed by atoms with Gasteiger partial charge in [0.2, 0.25) is 0 Å². The molecule has 1 aromatic carbocycles. The normalized spacial score (nSPS) is 21.1. The van der Waals surface area contributed by atoms with Crippen LogP contribution < -0.4 is 15.4 Å². The molecule has 0 amide bonds. The molecular weight excluding hydrogens is 451 g/mol.